The zero-order chi connectivity index (χ0) is 14.8. The van der Waals surface area contributed by atoms with Crippen LogP contribution < -0.4 is 0 Å². The summed E-state index contributed by atoms with van der Waals surface area (Å²) in [7, 11) is 0. The third kappa shape index (κ3) is 2.65. The maximum absolute atomic E-state index is 11.1. The van der Waals surface area contributed by atoms with Crippen LogP contribution in [0.15, 0.2) is 18.2 Å². The molecule has 1 aliphatic heterocycles. The van der Waals surface area contributed by atoms with Crippen molar-refractivity contribution in [3.05, 3.63) is 29.6 Å². The Bertz CT molecular complexity index is 657. The van der Waals surface area contributed by atoms with Crippen LogP contribution in [0.3, 0.4) is 0 Å². The predicted octanol–water partition coefficient (Wildman–Crippen LogP) is 3.04. The molecule has 21 heavy (non-hydrogen) atoms. The maximum Gasteiger partial charge on any atom is 0.335 e. The van der Waals surface area contributed by atoms with E-state index < -0.39 is 5.97 Å². The largest absolute Gasteiger partial charge is 0.478 e. The second kappa shape index (κ2) is 5.85. The minimum atomic E-state index is -0.908. The van der Waals surface area contributed by atoms with E-state index in [4.69, 9.17) is 9.84 Å². The number of aromatic nitrogens is 2. The first-order chi connectivity index (χ1) is 10.2. The van der Waals surface area contributed by atoms with Crippen molar-refractivity contribution in [1.29, 1.82) is 0 Å². The number of hydrogen-bond acceptors (Lipinski definition) is 3. The van der Waals surface area contributed by atoms with Crippen LogP contribution in [0, 0.1) is 0 Å². The molecule has 0 saturated carbocycles. The number of nitrogens with zero attached hydrogens (tertiary/aromatic N) is 2. The first kappa shape index (κ1) is 14.1. The molecule has 5 heteroatoms. The number of hydrogen-bond donors (Lipinski definition) is 1. The zero-order valence-corrected chi connectivity index (χ0v) is 12.2. The molecule has 5 nitrogen and oxygen atoms in total. The summed E-state index contributed by atoms with van der Waals surface area (Å²) in [4.78, 5) is 15.8. The Labute approximate surface area is 123 Å². The molecule has 1 aliphatic rings. The monoisotopic (exact) mass is 288 g/mol. The van der Waals surface area contributed by atoms with Gasteiger partial charge in [0.15, 0.2) is 0 Å². The van der Waals surface area contributed by atoms with Crippen LogP contribution in [0.4, 0.5) is 0 Å². The van der Waals surface area contributed by atoms with Gasteiger partial charge in [0.25, 0.3) is 0 Å². The van der Waals surface area contributed by atoms with Gasteiger partial charge in [0, 0.05) is 25.7 Å². The van der Waals surface area contributed by atoms with Gasteiger partial charge in [-0.15, -0.1) is 0 Å². The topological polar surface area (TPSA) is 64.3 Å². The zero-order valence-electron chi connectivity index (χ0n) is 12.2. The van der Waals surface area contributed by atoms with Crippen molar-refractivity contribution in [3.8, 4) is 0 Å². The van der Waals surface area contributed by atoms with Gasteiger partial charge in [-0.2, -0.15) is 0 Å². The molecule has 1 saturated heterocycles. The van der Waals surface area contributed by atoms with Crippen LogP contribution in [-0.4, -0.2) is 33.8 Å². The fourth-order valence-electron chi connectivity index (χ4n) is 3.03. The summed E-state index contributed by atoms with van der Waals surface area (Å²) in [6, 6.07) is 5.63. The molecular formula is C16H20N2O3. The lowest BCUT2D eigenvalue weighted by atomic mass is 10.1. The van der Waals surface area contributed by atoms with E-state index in [0.29, 0.717) is 11.6 Å². The Morgan fingerprint density at radius 3 is 2.86 bits per heavy atom. The summed E-state index contributed by atoms with van der Waals surface area (Å²) in [6.45, 7) is 3.70. The highest BCUT2D eigenvalue weighted by molar-refractivity contribution is 5.92. The molecule has 0 unspecified atom stereocenters. The Hall–Kier alpha value is -1.88. The van der Waals surface area contributed by atoms with E-state index in [2.05, 4.69) is 16.5 Å². The summed E-state index contributed by atoms with van der Waals surface area (Å²) < 4.78 is 7.75. The van der Waals surface area contributed by atoms with Crippen molar-refractivity contribution in [2.45, 2.75) is 38.6 Å². The highest BCUT2D eigenvalue weighted by Gasteiger charge is 2.21. The Kier molecular flexibility index (Phi) is 3.92. The normalized spacial score (nSPS) is 16.4. The second-order valence-electron chi connectivity index (χ2n) is 5.50. The van der Waals surface area contributed by atoms with Crippen molar-refractivity contribution in [2.24, 2.45) is 0 Å². The molecule has 0 amide bonds. The molecule has 1 aromatic heterocycles. The molecule has 0 atom stereocenters. The van der Waals surface area contributed by atoms with Crippen molar-refractivity contribution < 1.29 is 14.6 Å². The number of imidazole rings is 1. The SMILES string of the molecule is CCCc1nc2cc(C(=O)O)ccc2n1C1CCOCC1. The van der Waals surface area contributed by atoms with Crippen molar-refractivity contribution >= 4 is 17.0 Å². The second-order valence-corrected chi connectivity index (χ2v) is 5.50. The van der Waals surface area contributed by atoms with Gasteiger partial charge in [-0.3, -0.25) is 0 Å². The summed E-state index contributed by atoms with van der Waals surface area (Å²) in [6.07, 6.45) is 3.92. The summed E-state index contributed by atoms with van der Waals surface area (Å²) in [5.41, 5.74) is 2.11. The van der Waals surface area contributed by atoms with Gasteiger partial charge in [0.1, 0.15) is 5.82 Å². The lowest BCUT2D eigenvalue weighted by molar-refractivity contribution is 0.0695. The molecule has 112 valence electrons. The maximum atomic E-state index is 11.1. The standard InChI is InChI=1S/C16H20N2O3/c1-2-3-15-17-13-10-11(16(19)20)4-5-14(13)18(15)12-6-8-21-9-7-12/h4-5,10,12H,2-3,6-9H2,1H3,(H,19,20). The number of aromatic carboxylic acids is 1. The number of carboxylic acid groups (broad SMARTS) is 1. The first-order valence-corrected chi connectivity index (χ1v) is 7.52. The van der Waals surface area contributed by atoms with Gasteiger partial charge in [0.2, 0.25) is 0 Å². The molecule has 1 aromatic carbocycles. The molecule has 2 aromatic rings. The number of ether oxygens (including phenoxy) is 1. The Balaban J connectivity index is 2.10. The van der Waals surface area contributed by atoms with E-state index in [0.717, 1.165) is 55.8 Å². The Morgan fingerprint density at radius 1 is 1.43 bits per heavy atom. The minimum Gasteiger partial charge on any atom is -0.478 e. The number of carbonyl (C=O) groups is 1. The molecule has 0 spiro atoms. The van der Waals surface area contributed by atoms with E-state index in [1.54, 1.807) is 12.1 Å². The third-order valence-electron chi connectivity index (χ3n) is 4.04. The van der Waals surface area contributed by atoms with Gasteiger partial charge >= 0.3 is 5.97 Å². The van der Waals surface area contributed by atoms with E-state index >= 15 is 0 Å². The van der Waals surface area contributed by atoms with E-state index in [1.807, 2.05) is 6.07 Å². The van der Waals surface area contributed by atoms with Crippen LogP contribution in [0.25, 0.3) is 11.0 Å². The van der Waals surface area contributed by atoms with Gasteiger partial charge in [-0.1, -0.05) is 6.92 Å². The molecule has 1 fully saturated rings. The minimum absolute atomic E-state index is 0.294. The lowest BCUT2D eigenvalue weighted by Crippen LogP contribution is -2.21. The Morgan fingerprint density at radius 2 is 2.19 bits per heavy atom. The molecule has 3 rings (SSSR count). The van der Waals surface area contributed by atoms with Gasteiger partial charge < -0.3 is 14.4 Å². The molecular weight excluding hydrogens is 268 g/mol. The quantitative estimate of drug-likeness (QED) is 0.939. The summed E-state index contributed by atoms with van der Waals surface area (Å²) >= 11 is 0. The highest BCUT2D eigenvalue weighted by Crippen LogP contribution is 2.29. The fourth-order valence-corrected chi connectivity index (χ4v) is 3.03. The molecule has 0 bridgehead atoms. The summed E-state index contributed by atoms with van der Waals surface area (Å²) in [5, 5.41) is 9.12. The van der Waals surface area contributed by atoms with E-state index in [-0.39, 0.29) is 0 Å². The molecule has 0 radical (unpaired) electrons. The fraction of sp³-hybridized carbons (Fsp3) is 0.500. The van der Waals surface area contributed by atoms with Crippen molar-refractivity contribution in [2.75, 3.05) is 13.2 Å². The van der Waals surface area contributed by atoms with Gasteiger partial charge in [-0.05, 0) is 37.5 Å². The van der Waals surface area contributed by atoms with Gasteiger partial charge in [-0.25, -0.2) is 9.78 Å². The average Bonchev–Trinajstić information content (AvgIpc) is 2.85. The number of carboxylic acids is 1. The van der Waals surface area contributed by atoms with Crippen molar-refractivity contribution in [1.82, 2.24) is 9.55 Å². The number of benzene rings is 1. The number of fused-ring (bicyclic) bond motifs is 1. The van der Waals surface area contributed by atoms with Crippen molar-refractivity contribution in [3.63, 3.8) is 0 Å². The van der Waals surface area contributed by atoms with Crippen LogP contribution in [0.1, 0.15) is 48.4 Å². The molecule has 2 heterocycles. The third-order valence-corrected chi connectivity index (χ3v) is 4.04. The lowest BCUT2D eigenvalue weighted by Gasteiger charge is -2.25. The smallest absolute Gasteiger partial charge is 0.335 e. The van der Waals surface area contributed by atoms with Crippen LogP contribution >= 0.6 is 0 Å². The molecule has 0 aliphatic carbocycles. The van der Waals surface area contributed by atoms with E-state index in [9.17, 15) is 4.79 Å². The first-order valence-electron chi connectivity index (χ1n) is 7.52. The number of rotatable bonds is 4. The average molecular weight is 288 g/mol. The molecule has 1 N–H and O–H groups in total. The van der Waals surface area contributed by atoms with Crippen LogP contribution in [0.5, 0.6) is 0 Å². The van der Waals surface area contributed by atoms with Gasteiger partial charge in [0.05, 0.1) is 16.6 Å². The van der Waals surface area contributed by atoms with Crippen LogP contribution in [-0.2, 0) is 11.2 Å². The highest BCUT2D eigenvalue weighted by atomic mass is 16.5. The number of aryl methyl sites for hydroxylation is 1. The predicted molar refractivity (Wildman–Crippen MR) is 79.8 cm³/mol. The van der Waals surface area contributed by atoms with E-state index in [1.165, 1.54) is 0 Å². The summed E-state index contributed by atoms with van der Waals surface area (Å²) in [5.74, 6) is 0.150. The van der Waals surface area contributed by atoms with Crippen LogP contribution in [0.2, 0.25) is 0 Å².